The number of nitriles is 1. The molecule has 1 aromatic heterocycles. The van der Waals surface area contributed by atoms with Gasteiger partial charge in [-0.05, 0) is 54.5 Å². The minimum atomic E-state index is -1.02. The third-order valence-corrected chi connectivity index (χ3v) is 5.30. The van der Waals surface area contributed by atoms with Crippen molar-refractivity contribution in [3.63, 3.8) is 0 Å². The number of carboxylic acid groups (broad SMARTS) is 1. The molecule has 0 radical (unpaired) electrons. The standard InChI is InChI=1S/C27H21N3O3/c1-18-5-4-6-23(13-18)29-26(31)17-30-16-22(24-7-2-3-8-25(24)30)14-21(15-28)19-9-11-20(12-10-19)27(32)33/h2-14,16H,17H2,1H3,(H,29,31)(H,32,33)/b21-14-. The Morgan fingerprint density at radius 3 is 2.45 bits per heavy atom. The molecule has 0 aliphatic rings. The van der Waals surface area contributed by atoms with Crippen molar-refractivity contribution >= 4 is 40.1 Å². The first-order chi connectivity index (χ1) is 15.9. The molecule has 1 amide bonds. The Balaban J connectivity index is 1.65. The molecule has 4 aromatic rings. The number of nitrogens with zero attached hydrogens (tertiary/aromatic N) is 2. The van der Waals surface area contributed by atoms with Gasteiger partial charge in [0.05, 0.1) is 17.2 Å². The average Bonchev–Trinajstić information content (AvgIpc) is 3.14. The Morgan fingerprint density at radius 1 is 1.03 bits per heavy atom. The monoisotopic (exact) mass is 435 g/mol. The summed E-state index contributed by atoms with van der Waals surface area (Å²) in [5.74, 6) is -1.17. The van der Waals surface area contributed by atoms with Crippen molar-refractivity contribution in [3.8, 4) is 6.07 Å². The normalized spacial score (nSPS) is 11.2. The molecule has 2 N–H and O–H groups in total. The average molecular weight is 435 g/mol. The van der Waals surface area contributed by atoms with Gasteiger partial charge in [-0.2, -0.15) is 5.26 Å². The van der Waals surface area contributed by atoms with E-state index >= 15 is 0 Å². The van der Waals surface area contributed by atoms with Crippen molar-refractivity contribution in [3.05, 3.63) is 101 Å². The third kappa shape index (κ3) is 4.83. The van der Waals surface area contributed by atoms with Gasteiger partial charge in [-0.1, -0.05) is 42.5 Å². The van der Waals surface area contributed by atoms with Crippen LogP contribution in [0.5, 0.6) is 0 Å². The Bertz CT molecular complexity index is 1420. The lowest BCUT2D eigenvalue weighted by Gasteiger charge is -2.08. The van der Waals surface area contributed by atoms with E-state index in [1.807, 2.05) is 66.2 Å². The Labute approximate surface area is 191 Å². The summed E-state index contributed by atoms with van der Waals surface area (Å²) in [5, 5.41) is 22.7. The van der Waals surface area contributed by atoms with Crippen LogP contribution in [-0.4, -0.2) is 21.6 Å². The van der Waals surface area contributed by atoms with Crippen LogP contribution in [0.15, 0.2) is 79.0 Å². The van der Waals surface area contributed by atoms with E-state index in [1.54, 1.807) is 18.2 Å². The summed E-state index contributed by atoms with van der Waals surface area (Å²) in [6.45, 7) is 2.09. The molecular formula is C27H21N3O3. The van der Waals surface area contributed by atoms with Gasteiger partial charge < -0.3 is 15.0 Å². The number of aryl methyl sites for hydroxylation is 1. The van der Waals surface area contributed by atoms with E-state index in [9.17, 15) is 14.9 Å². The Hall–Kier alpha value is -4.63. The van der Waals surface area contributed by atoms with E-state index in [0.29, 0.717) is 11.1 Å². The first kappa shape index (κ1) is 21.6. The van der Waals surface area contributed by atoms with E-state index in [2.05, 4.69) is 11.4 Å². The number of aromatic nitrogens is 1. The van der Waals surface area contributed by atoms with Gasteiger partial charge in [0, 0.05) is 28.4 Å². The first-order valence-corrected chi connectivity index (χ1v) is 10.3. The quantitative estimate of drug-likeness (QED) is 0.399. The Kier molecular flexibility index (Phi) is 6.05. The number of allylic oxidation sites excluding steroid dienone is 1. The number of carboxylic acids is 1. The second kappa shape index (κ2) is 9.25. The van der Waals surface area contributed by atoms with Crippen LogP contribution in [0.3, 0.4) is 0 Å². The topological polar surface area (TPSA) is 95.1 Å². The fraction of sp³-hybridized carbons (Fsp3) is 0.0741. The minimum absolute atomic E-state index is 0.123. The number of amides is 1. The summed E-state index contributed by atoms with van der Waals surface area (Å²) in [5.41, 5.74) is 4.66. The molecule has 0 saturated carbocycles. The molecule has 6 nitrogen and oxygen atoms in total. The molecule has 3 aromatic carbocycles. The van der Waals surface area contributed by atoms with Crippen molar-refractivity contribution in [1.82, 2.24) is 4.57 Å². The molecule has 1 heterocycles. The number of carbonyl (C=O) groups excluding carboxylic acids is 1. The maximum Gasteiger partial charge on any atom is 0.335 e. The number of hydrogen-bond donors (Lipinski definition) is 2. The van der Waals surface area contributed by atoms with Gasteiger partial charge in [-0.15, -0.1) is 0 Å². The van der Waals surface area contributed by atoms with Gasteiger partial charge in [-0.3, -0.25) is 4.79 Å². The number of para-hydroxylation sites is 1. The Morgan fingerprint density at radius 2 is 1.76 bits per heavy atom. The minimum Gasteiger partial charge on any atom is -0.478 e. The summed E-state index contributed by atoms with van der Waals surface area (Å²) in [4.78, 5) is 23.8. The van der Waals surface area contributed by atoms with Crippen LogP contribution >= 0.6 is 0 Å². The van der Waals surface area contributed by atoms with Gasteiger partial charge >= 0.3 is 5.97 Å². The molecule has 0 bridgehead atoms. The number of nitrogens with one attached hydrogen (secondary N) is 1. The van der Waals surface area contributed by atoms with Crippen LogP contribution in [0.25, 0.3) is 22.6 Å². The number of anilines is 1. The molecule has 0 atom stereocenters. The number of aromatic carboxylic acids is 1. The van der Waals surface area contributed by atoms with E-state index in [1.165, 1.54) is 12.1 Å². The van der Waals surface area contributed by atoms with Crippen LogP contribution in [-0.2, 0) is 11.3 Å². The first-order valence-electron chi connectivity index (χ1n) is 10.3. The zero-order valence-corrected chi connectivity index (χ0v) is 17.9. The number of carbonyl (C=O) groups is 2. The van der Waals surface area contributed by atoms with Crippen LogP contribution in [0.1, 0.15) is 27.0 Å². The van der Waals surface area contributed by atoms with Crippen LogP contribution in [0, 0.1) is 18.3 Å². The number of rotatable bonds is 6. The molecule has 0 aliphatic carbocycles. The second-order valence-corrected chi connectivity index (χ2v) is 7.70. The highest BCUT2D eigenvalue weighted by atomic mass is 16.4. The van der Waals surface area contributed by atoms with Gasteiger partial charge in [-0.25, -0.2) is 4.79 Å². The molecule has 0 spiro atoms. The van der Waals surface area contributed by atoms with Crippen molar-refractivity contribution in [2.24, 2.45) is 0 Å². The molecule has 6 heteroatoms. The zero-order valence-electron chi connectivity index (χ0n) is 17.9. The summed E-state index contributed by atoms with van der Waals surface area (Å²) in [7, 11) is 0. The molecule has 0 fully saturated rings. The fourth-order valence-electron chi connectivity index (χ4n) is 3.73. The van der Waals surface area contributed by atoms with E-state index in [-0.39, 0.29) is 18.0 Å². The van der Waals surface area contributed by atoms with Crippen molar-refractivity contribution in [2.75, 3.05) is 5.32 Å². The predicted molar refractivity (Wildman–Crippen MR) is 129 cm³/mol. The third-order valence-electron chi connectivity index (χ3n) is 5.30. The number of benzene rings is 3. The largest absolute Gasteiger partial charge is 0.478 e. The summed E-state index contributed by atoms with van der Waals surface area (Å²) < 4.78 is 1.86. The van der Waals surface area contributed by atoms with Crippen LogP contribution in [0.4, 0.5) is 5.69 Å². The number of hydrogen-bond acceptors (Lipinski definition) is 3. The lowest BCUT2D eigenvalue weighted by atomic mass is 10.0. The highest BCUT2D eigenvalue weighted by molar-refractivity contribution is 5.99. The lowest BCUT2D eigenvalue weighted by molar-refractivity contribution is -0.116. The summed E-state index contributed by atoms with van der Waals surface area (Å²) in [6, 6.07) is 23.7. The van der Waals surface area contributed by atoms with Crippen molar-refractivity contribution in [1.29, 1.82) is 5.26 Å². The van der Waals surface area contributed by atoms with E-state index < -0.39 is 5.97 Å². The summed E-state index contributed by atoms with van der Waals surface area (Å²) >= 11 is 0. The summed E-state index contributed by atoms with van der Waals surface area (Å²) in [6.07, 6.45) is 3.61. The fourth-order valence-corrected chi connectivity index (χ4v) is 3.73. The van der Waals surface area contributed by atoms with Crippen LogP contribution in [0.2, 0.25) is 0 Å². The predicted octanol–water partition coefficient (Wildman–Crippen LogP) is 5.35. The van der Waals surface area contributed by atoms with Crippen molar-refractivity contribution in [2.45, 2.75) is 13.5 Å². The maximum absolute atomic E-state index is 12.7. The molecule has 0 saturated heterocycles. The van der Waals surface area contributed by atoms with Gasteiger partial charge in [0.2, 0.25) is 5.91 Å². The molecular weight excluding hydrogens is 414 g/mol. The second-order valence-electron chi connectivity index (χ2n) is 7.70. The van der Waals surface area contributed by atoms with Gasteiger partial charge in [0.15, 0.2) is 0 Å². The van der Waals surface area contributed by atoms with Crippen molar-refractivity contribution < 1.29 is 14.7 Å². The molecule has 33 heavy (non-hydrogen) atoms. The van der Waals surface area contributed by atoms with Crippen LogP contribution < -0.4 is 5.32 Å². The zero-order chi connectivity index (χ0) is 23.4. The molecule has 0 aliphatic heterocycles. The highest BCUT2D eigenvalue weighted by Crippen LogP contribution is 2.26. The van der Waals surface area contributed by atoms with E-state index in [4.69, 9.17) is 5.11 Å². The highest BCUT2D eigenvalue weighted by Gasteiger charge is 2.12. The maximum atomic E-state index is 12.7. The molecule has 4 rings (SSSR count). The number of fused-ring (bicyclic) bond motifs is 1. The molecule has 0 unspecified atom stereocenters. The van der Waals surface area contributed by atoms with Gasteiger partial charge in [0.1, 0.15) is 6.54 Å². The van der Waals surface area contributed by atoms with Gasteiger partial charge in [0.25, 0.3) is 0 Å². The smallest absolute Gasteiger partial charge is 0.335 e. The van der Waals surface area contributed by atoms with E-state index in [0.717, 1.165) is 27.7 Å². The molecule has 162 valence electrons. The lowest BCUT2D eigenvalue weighted by Crippen LogP contribution is -2.18. The SMILES string of the molecule is Cc1cccc(NC(=O)Cn2cc(/C=C(/C#N)c3ccc(C(=O)O)cc3)c3ccccc32)c1.